The van der Waals surface area contributed by atoms with Crippen LogP contribution in [0.2, 0.25) is 0 Å². The number of para-hydroxylation sites is 1. The third-order valence-corrected chi connectivity index (χ3v) is 6.57. The van der Waals surface area contributed by atoms with Crippen molar-refractivity contribution in [2.75, 3.05) is 13.2 Å². The van der Waals surface area contributed by atoms with Crippen LogP contribution in [0.1, 0.15) is 35.8 Å². The molecule has 1 N–H and O–H groups in total. The minimum Gasteiger partial charge on any atom is -0.376 e. The lowest BCUT2D eigenvalue weighted by Crippen LogP contribution is -2.64. The molecule has 0 aliphatic carbocycles. The van der Waals surface area contributed by atoms with Crippen molar-refractivity contribution in [1.29, 1.82) is 0 Å². The van der Waals surface area contributed by atoms with Crippen molar-refractivity contribution in [2.45, 2.75) is 44.5 Å². The Hall–Kier alpha value is -3.19. The Morgan fingerprint density at radius 3 is 2.84 bits per heavy atom. The van der Waals surface area contributed by atoms with Gasteiger partial charge < -0.3 is 19.5 Å². The first-order valence-electron chi connectivity index (χ1n) is 11.0. The van der Waals surface area contributed by atoms with E-state index in [1.54, 1.807) is 24.0 Å². The van der Waals surface area contributed by atoms with Gasteiger partial charge in [-0.05, 0) is 49.6 Å². The van der Waals surface area contributed by atoms with Gasteiger partial charge in [-0.2, -0.15) is 0 Å². The van der Waals surface area contributed by atoms with Crippen molar-refractivity contribution >= 4 is 22.7 Å². The molecule has 0 saturated carbocycles. The molecule has 3 heterocycles. The van der Waals surface area contributed by atoms with Crippen LogP contribution in [0.4, 0.5) is 4.39 Å². The Balaban J connectivity index is 1.52. The first kappa shape index (κ1) is 20.7. The molecule has 1 fully saturated rings. The lowest BCUT2D eigenvalue weighted by molar-refractivity contribution is -0.133. The molecular formula is C25H26FN3O3. The molecule has 2 aliphatic rings. The summed E-state index contributed by atoms with van der Waals surface area (Å²) in [5.41, 5.74) is 0.948. The molecule has 7 heteroatoms. The van der Waals surface area contributed by atoms with Gasteiger partial charge >= 0.3 is 0 Å². The summed E-state index contributed by atoms with van der Waals surface area (Å²) in [4.78, 5) is 28.7. The lowest BCUT2D eigenvalue weighted by Gasteiger charge is -2.44. The number of hydrogen-bond donors (Lipinski definition) is 1. The molecule has 2 atom stereocenters. The van der Waals surface area contributed by atoms with Gasteiger partial charge in [0.05, 0.1) is 12.6 Å². The van der Waals surface area contributed by atoms with Gasteiger partial charge in [-0.3, -0.25) is 9.59 Å². The topological polar surface area (TPSA) is 63.6 Å². The number of rotatable bonds is 5. The normalized spacial score (nSPS) is 22.9. The first-order valence-corrected chi connectivity index (χ1v) is 11.0. The van der Waals surface area contributed by atoms with E-state index in [1.807, 2.05) is 34.9 Å². The summed E-state index contributed by atoms with van der Waals surface area (Å²) in [6, 6.07) is 15.8. The maximum atomic E-state index is 13.8. The first-order chi connectivity index (χ1) is 15.5. The standard InChI is InChI=1S/C25H26FN3O3/c1-25(24(31)27-14-20-9-5-11-32-20)16-28-21-10-3-2-7-18(21)13-22(28)23(30)29(25)15-17-6-4-8-19(26)12-17/h2-4,6-8,10,12-13,20H,5,9,11,14-16H2,1H3,(H,27,31)/t20-,25-/m1/s1. The summed E-state index contributed by atoms with van der Waals surface area (Å²) in [5, 5.41) is 3.96. The summed E-state index contributed by atoms with van der Waals surface area (Å²) in [7, 11) is 0. The van der Waals surface area contributed by atoms with Crippen molar-refractivity contribution in [3.05, 3.63) is 71.7 Å². The average molecular weight is 435 g/mol. The van der Waals surface area contributed by atoms with E-state index in [4.69, 9.17) is 4.74 Å². The van der Waals surface area contributed by atoms with Gasteiger partial charge in [0, 0.05) is 30.6 Å². The van der Waals surface area contributed by atoms with Crippen LogP contribution in [0.15, 0.2) is 54.6 Å². The summed E-state index contributed by atoms with van der Waals surface area (Å²) in [5.74, 6) is -0.849. The van der Waals surface area contributed by atoms with Gasteiger partial charge in [0.2, 0.25) is 5.91 Å². The lowest BCUT2D eigenvalue weighted by atomic mass is 9.93. The van der Waals surface area contributed by atoms with Gasteiger partial charge in [-0.25, -0.2) is 4.39 Å². The summed E-state index contributed by atoms with van der Waals surface area (Å²) in [6.45, 7) is 3.36. The van der Waals surface area contributed by atoms with Gasteiger partial charge in [-0.15, -0.1) is 0 Å². The van der Waals surface area contributed by atoms with E-state index in [0.717, 1.165) is 23.7 Å². The van der Waals surface area contributed by atoms with E-state index in [0.29, 0.717) is 31.0 Å². The highest BCUT2D eigenvalue weighted by molar-refractivity contribution is 6.03. The molecule has 166 valence electrons. The van der Waals surface area contributed by atoms with Crippen LogP contribution in [0, 0.1) is 5.82 Å². The number of fused-ring (bicyclic) bond motifs is 3. The molecule has 2 aliphatic heterocycles. The van der Waals surface area contributed by atoms with Crippen molar-refractivity contribution < 1.29 is 18.7 Å². The molecule has 0 unspecified atom stereocenters. The molecular weight excluding hydrogens is 409 g/mol. The van der Waals surface area contributed by atoms with Crippen LogP contribution in [0.3, 0.4) is 0 Å². The molecule has 0 spiro atoms. The average Bonchev–Trinajstić information content (AvgIpc) is 3.43. The molecule has 6 nitrogen and oxygen atoms in total. The zero-order valence-electron chi connectivity index (χ0n) is 18.0. The molecule has 3 aromatic rings. The van der Waals surface area contributed by atoms with Crippen LogP contribution >= 0.6 is 0 Å². The van der Waals surface area contributed by atoms with E-state index < -0.39 is 5.54 Å². The van der Waals surface area contributed by atoms with E-state index in [1.165, 1.54) is 12.1 Å². The molecule has 1 saturated heterocycles. The van der Waals surface area contributed by atoms with E-state index in [9.17, 15) is 14.0 Å². The van der Waals surface area contributed by atoms with Crippen LogP contribution in [0.25, 0.3) is 10.9 Å². The minimum atomic E-state index is -1.14. The number of nitrogens with one attached hydrogen (secondary N) is 1. The maximum Gasteiger partial charge on any atom is 0.271 e. The number of benzene rings is 2. The Morgan fingerprint density at radius 1 is 1.22 bits per heavy atom. The van der Waals surface area contributed by atoms with E-state index in [2.05, 4.69) is 5.32 Å². The van der Waals surface area contributed by atoms with Crippen LogP contribution in [0.5, 0.6) is 0 Å². The highest BCUT2D eigenvalue weighted by atomic mass is 19.1. The molecule has 2 amide bonds. The fourth-order valence-electron chi connectivity index (χ4n) is 4.77. The van der Waals surface area contributed by atoms with Gasteiger partial charge in [-0.1, -0.05) is 30.3 Å². The second kappa shape index (κ2) is 8.06. The van der Waals surface area contributed by atoms with E-state index in [-0.39, 0.29) is 30.3 Å². The summed E-state index contributed by atoms with van der Waals surface area (Å²) >= 11 is 0. The van der Waals surface area contributed by atoms with Crippen LogP contribution in [-0.4, -0.2) is 46.1 Å². The zero-order valence-corrected chi connectivity index (χ0v) is 18.0. The molecule has 1 aromatic heterocycles. The predicted octanol–water partition coefficient (Wildman–Crippen LogP) is 3.49. The summed E-state index contributed by atoms with van der Waals surface area (Å²) < 4.78 is 21.4. The Morgan fingerprint density at radius 2 is 2.06 bits per heavy atom. The highest BCUT2D eigenvalue weighted by Crippen LogP contribution is 2.33. The van der Waals surface area contributed by atoms with E-state index >= 15 is 0 Å². The molecule has 5 rings (SSSR count). The third kappa shape index (κ3) is 3.56. The Bertz CT molecular complexity index is 1180. The Kier molecular flexibility index (Phi) is 5.21. The highest BCUT2D eigenvalue weighted by Gasteiger charge is 2.47. The number of ether oxygens (including phenoxy) is 1. The molecule has 0 radical (unpaired) electrons. The largest absolute Gasteiger partial charge is 0.376 e. The second-order valence-electron chi connectivity index (χ2n) is 8.81. The van der Waals surface area contributed by atoms with Crippen LogP contribution < -0.4 is 5.32 Å². The summed E-state index contributed by atoms with van der Waals surface area (Å²) in [6.07, 6.45) is 1.90. The Labute approximate surface area is 186 Å². The number of hydrogen-bond acceptors (Lipinski definition) is 3. The van der Waals surface area contributed by atoms with Crippen molar-refractivity contribution in [3.63, 3.8) is 0 Å². The maximum absolute atomic E-state index is 13.8. The smallest absolute Gasteiger partial charge is 0.271 e. The van der Waals surface area contributed by atoms with Gasteiger partial charge in [0.25, 0.3) is 5.91 Å². The number of halogens is 1. The predicted molar refractivity (Wildman–Crippen MR) is 119 cm³/mol. The molecule has 0 bridgehead atoms. The fraction of sp³-hybridized carbons (Fsp3) is 0.360. The number of carbonyl (C=O) groups excluding carboxylic acids is 2. The zero-order chi connectivity index (χ0) is 22.3. The quantitative estimate of drug-likeness (QED) is 0.667. The third-order valence-electron chi connectivity index (χ3n) is 6.57. The number of nitrogens with zero attached hydrogens (tertiary/aromatic N) is 2. The minimum absolute atomic E-state index is 0.00137. The SMILES string of the molecule is C[C@]1(C(=O)NC[C@H]2CCCO2)Cn2c(cc3ccccc32)C(=O)N1Cc1cccc(F)c1. The van der Waals surface area contributed by atoms with Crippen molar-refractivity contribution in [2.24, 2.45) is 0 Å². The molecule has 2 aromatic carbocycles. The van der Waals surface area contributed by atoms with Crippen LogP contribution in [-0.2, 0) is 22.6 Å². The monoisotopic (exact) mass is 435 g/mol. The fourth-order valence-corrected chi connectivity index (χ4v) is 4.77. The van der Waals surface area contributed by atoms with Crippen molar-refractivity contribution in [3.8, 4) is 0 Å². The number of carbonyl (C=O) groups is 2. The van der Waals surface area contributed by atoms with Crippen molar-refractivity contribution in [1.82, 2.24) is 14.8 Å². The van der Waals surface area contributed by atoms with Gasteiger partial charge in [0.1, 0.15) is 17.1 Å². The van der Waals surface area contributed by atoms with Gasteiger partial charge in [0.15, 0.2) is 0 Å². The number of aromatic nitrogens is 1. The second-order valence-corrected chi connectivity index (χ2v) is 8.81. The number of amides is 2. The molecule has 32 heavy (non-hydrogen) atoms.